The molecule has 0 aliphatic heterocycles. The zero-order valence-electron chi connectivity index (χ0n) is 14.3. The van der Waals surface area contributed by atoms with Gasteiger partial charge in [-0.25, -0.2) is 4.57 Å². The van der Waals surface area contributed by atoms with Gasteiger partial charge in [0.25, 0.3) is 0 Å². The van der Waals surface area contributed by atoms with Gasteiger partial charge in [0.15, 0.2) is 0 Å². The van der Waals surface area contributed by atoms with Crippen LogP contribution in [0.15, 0.2) is 35.1 Å². The molecule has 1 aromatic rings. The summed E-state index contributed by atoms with van der Waals surface area (Å²) in [5.41, 5.74) is 1.10. The molecule has 0 bridgehead atoms. The molecule has 1 aromatic carbocycles. The first-order valence-electron chi connectivity index (χ1n) is 7.46. The lowest BCUT2D eigenvalue weighted by Gasteiger charge is -2.34. The van der Waals surface area contributed by atoms with Crippen molar-refractivity contribution in [3.63, 3.8) is 0 Å². The van der Waals surface area contributed by atoms with Crippen LogP contribution in [-0.2, 0) is 20.0 Å². The molecule has 0 saturated heterocycles. The van der Waals surface area contributed by atoms with Crippen LogP contribution in [0.25, 0.3) is 0 Å². The van der Waals surface area contributed by atoms with Gasteiger partial charge in [0, 0.05) is 32.7 Å². The maximum Gasteiger partial charge on any atom is 0.454 e. The lowest BCUT2D eigenvalue weighted by atomic mass is 10.1. The van der Waals surface area contributed by atoms with E-state index in [1.165, 1.54) is 14.2 Å². The summed E-state index contributed by atoms with van der Waals surface area (Å²) in [6.45, 7) is 8.35. The number of nitrogens with zero attached hydrogens (tertiary/aromatic N) is 2. The third-order valence-electron chi connectivity index (χ3n) is 3.32. The highest BCUT2D eigenvalue weighted by Crippen LogP contribution is 2.48. The Balaban J connectivity index is 3.25. The summed E-state index contributed by atoms with van der Waals surface area (Å²) in [5, 5.41) is 0. The van der Waals surface area contributed by atoms with Gasteiger partial charge in [-0.1, -0.05) is 30.3 Å². The monoisotopic (exact) mass is 326 g/mol. The molecule has 0 aromatic heterocycles. The molecule has 0 saturated carbocycles. The Bertz CT molecular complexity index is 513. The first kappa shape index (κ1) is 18.9. The minimum Gasteiger partial charge on any atom is -0.355 e. The Morgan fingerprint density at radius 2 is 1.59 bits per heavy atom. The fourth-order valence-electron chi connectivity index (χ4n) is 2.45. The summed E-state index contributed by atoms with van der Waals surface area (Å²) < 4.78 is 26.7. The highest BCUT2D eigenvalue weighted by atomic mass is 31.2. The quantitative estimate of drug-likeness (QED) is 0.429. The Kier molecular flexibility index (Phi) is 7.27. The van der Waals surface area contributed by atoms with Crippen LogP contribution in [0.4, 0.5) is 0 Å². The van der Waals surface area contributed by atoms with E-state index in [9.17, 15) is 4.57 Å². The molecule has 0 amide bonds. The van der Waals surface area contributed by atoms with Crippen molar-refractivity contribution in [1.82, 2.24) is 4.90 Å². The van der Waals surface area contributed by atoms with E-state index < -0.39 is 7.75 Å². The molecule has 1 rings (SSSR count). The molecule has 6 heteroatoms. The number of benzene rings is 1. The van der Waals surface area contributed by atoms with Crippen molar-refractivity contribution >= 4 is 13.6 Å². The number of hydrogen-bond acceptors (Lipinski definition) is 3. The molecule has 0 unspecified atom stereocenters. The van der Waals surface area contributed by atoms with Crippen LogP contribution in [0, 0.1) is 0 Å². The highest BCUT2D eigenvalue weighted by Gasteiger charge is 2.26. The normalized spacial score (nSPS) is 13.0. The summed E-state index contributed by atoms with van der Waals surface area (Å²) in [6, 6.07) is 10.4. The Morgan fingerprint density at radius 3 is 2.00 bits per heavy atom. The van der Waals surface area contributed by atoms with E-state index in [0.29, 0.717) is 12.3 Å². The van der Waals surface area contributed by atoms with Crippen LogP contribution in [0.3, 0.4) is 0 Å². The SMILES string of the molecule is COP(=O)(/N=C(/Cc1ccccc1)N(C(C)C)C(C)C)OC. The van der Waals surface area contributed by atoms with Crippen LogP contribution < -0.4 is 0 Å². The van der Waals surface area contributed by atoms with Crippen molar-refractivity contribution < 1.29 is 13.6 Å². The fraction of sp³-hybridized carbons (Fsp3) is 0.562. The smallest absolute Gasteiger partial charge is 0.355 e. The van der Waals surface area contributed by atoms with Gasteiger partial charge in [0.1, 0.15) is 5.84 Å². The van der Waals surface area contributed by atoms with Crippen molar-refractivity contribution in [3.8, 4) is 0 Å². The van der Waals surface area contributed by atoms with Gasteiger partial charge < -0.3 is 4.90 Å². The van der Waals surface area contributed by atoms with Crippen LogP contribution >= 0.6 is 7.75 Å². The second-order valence-corrected chi connectivity index (χ2v) is 7.47. The van der Waals surface area contributed by atoms with Gasteiger partial charge in [-0.3, -0.25) is 9.05 Å². The molecule has 0 aliphatic carbocycles. The largest absolute Gasteiger partial charge is 0.454 e. The van der Waals surface area contributed by atoms with Crippen molar-refractivity contribution in [2.24, 2.45) is 4.76 Å². The van der Waals surface area contributed by atoms with Crippen LogP contribution in [0.5, 0.6) is 0 Å². The summed E-state index contributed by atoms with van der Waals surface area (Å²) in [6.07, 6.45) is 0.577. The number of rotatable bonds is 7. The molecule has 124 valence electrons. The summed E-state index contributed by atoms with van der Waals surface area (Å²) in [7, 11) is -0.761. The van der Waals surface area contributed by atoms with Gasteiger partial charge in [0.2, 0.25) is 0 Å². The lowest BCUT2D eigenvalue weighted by molar-refractivity contribution is 0.269. The zero-order chi connectivity index (χ0) is 16.8. The summed E-state index contributed by atoms with van der Waals surface area (Å²) in [4.78, 5) is 2.14. The summed E-state index contributed by atoms with van der Waals surface area (Å²) >= 11 is 0. The van der Waals surface area contributed by atoms with Gasteiger partial charge in [-0.15, -0.1) is 0 Å². The topological polar surface area (TPSA) is 51.1 Å². The molecule has 5 nitrogen and oxygen atoms in total. The van der Waals surface area contributed by atoms with Crippen LogP contribution in [-0.4, -0.2) is 37.0 Å². The maximum atomic E-state index is 12.4. The predicted molar refractivity (Wildman–Crippen MR) is 91.3 cm³/mol. The van der Waals surface area contributed by atoms with E-state index in [4.69, 9.17) is 9.05 Å². The van der Waals surface area contributed by atoms with Gasteiger partial charge in [-0.2, -0.15) is 4.76 Å². The van der Waals surface area contributed by atoms with E-state index in [1.807, 2.05) is 30.3 Å². The maximum absolute atomic E-state index is 12.4. The van der Waals surface area contributed by atoms with Gasteiger partial charge in [0.05, 0.1) is 0 Å². The van der Waals surface area contributed by atoms with Crippen molar-refractivity contribution in [2.75, 3.05) is 14.2 Å². The van der Waals surface area contributed by atoms with Gasteiger partial charge >= 0.3 is 7.75 Å². The van der Waals surface area contributed by atoms with E-state index in [-0.39, 0.29) is 12.1 Å². The standard InChI is InChI=1S/C16H27N2O3P/c1-13(2)18(14(3)4)16(17-22(19,20-5)21-6)12-15-10-8-7-9-11-15/h7-11,13-14H,12H2,1-6H3/b17-16-. The van der Waals surface area contributed by atoms with Crippen molar-refractivity contribution in [1.29, 1.82) is 0 Å². The Morgan fingerprint density at radius 1 is 1.09 bits per heavy atom. The predicted octanol–water partition coefficient (Wildman–Crippen LogP) is 4.15. The van der Waals surface area contributed by atoms with Gasteiger partial charge in [-0.05, 0) is 33.3 Å². The second-order valence-electron chi connectivity index (χ2n) is 5.61. The lowest BCUT2D eigenvalue weighted by Crippen LogP contribution is -2.43. The first-order chi connectivity index (χ1) is 10.3. The molecule has 0 radical (unpaired) electrons. The Hall–Kier alpha value is -1.16. The first-order valence-corrected chi connectivity index (χ1v) is 8.95. The third-order valence-corrected chi connectivity index (χ3v) is 4.71. The van der Waals surface area contributed by atoms with Crippen molar-refractivity contribution in [3.05, 3.63) is 35.9 Å². The molecule has 0 atom stereocenters. The molecule has 0 spiro atoms. The van der Waals surface area contributed by atoms with E-state index in [1.54, 1.807) is 0 Å². The molecule has 22 heavy (non-hydrogen) atoms. The molecular formula is C16H27N2O3P. The third kappa shape index (κ3) is 5.24. The minimum atomic E-state index is -3.46. The van der Waals surface area contributed by atoms with Crippen LogP contribution in [0.1, 0.15) is 33.3 Å². The summed E-state index contributed by atoms with van der Waals surface area (Å²) in [5.74, 6) is 0.711. The highest BCUT2D eigenvalue weighted by molar-refractivity contribution is 7.52. The van der Waals surface area contributed by atoms with Crippen molar-refractivity contribution in [2.45, 2.75) is 46.2 Å². The second kappa shape index (κ2) is 8.47. The minimum absolute atomic E-state index is 0.227. The fourth-order valence-corrected chi connectivity index (χ4v) is 3.22. The molecule has 0 N–H and O–H groups in total. The zero-order valence-corrected chi connectivity index (χ0v) is 15.2. The number of hydrogen-bond donors (Lipinski definition) is 0. The average Bonchev–Trinajstić information content (AvgIpc) is 2.47. The van der Waals surface area contributed by atoms with E-state index in [0.717, 1.165) is 5.56 Å². The van der Waals surface area contributed by atoms with Crippen LogP contribution in [0.2, 0.25) is 0 Å². The molecule has 0 heterocycles. The molecule has 0 aliphatic rings. The number of amidine groups is 1. The molecule has 0 fully saturated rings. The van der Waals surface area contributed by atoms with E-state index in [2.05, 4.69) is 37.4 Å². The average molecular weight is 326 g/mol. The molecular weight excluding hydrogens is 299 g/mol. The van der Waals surface area contributed by atoms with E-state index >= 15 is 0 Å². The Labute approximate surface area is 133 Å².